The summed E-state index contributed by atoms with van der Waals surface area (Å²) in [6, 6.07) is -0.326. The lowest BCUT2D eigenvalue weighted by Gasteiger charge is -2.21. The molecular weight excluding hydrogens is 230 g/mol. The number of oxime groups is 1. The van der Waals surface area contributed by atoms with Crippen molar-refractivity contribution in [2.75, 3.05) is 0 Å². The van der Waals surface area contributed by atoms with Crippen LogP contribution in [0.2, 0.25) is 0 Å². The third-order valence-electron chi connectivity index (χ3n) is 3.93. The van der Waals surface area contributed by atoms with Crippen molar-refractivity contribution in [1.29, 1.82) is 0 Å². The van der Waals surface area contributed by atoms with Crippen LogP contribution in [0.1, 0.15) is 45.4 Å². The van der Waals surface area contributed by atoms with Gasteiger partial charge in [-0.25, -0.2) is 0 Å². The predicted octanol–water partition coefficient (Wildman–Crippen LogP) is 1.45. The van der Waals surface area contributed by atoms with Gasteiger partial charge in [-0.3, -0.25) is 4.79 Å². The van der Waals surface area contributed by atoms with Crippen LogP contribution in [0.25, 0.3) is 0 Å². The van der Waals surface area contributed by atoms with E-state index < -0.39 is 0 Å². The molecule has 0 heterocycles. The molecule has 2 saturated carbocycles. The van der Waals surface area contributed by atoms with Crippen molar-refractivity contribution in [2.45, 2.75) is 51.5 Å². The molecule has 4 N–H and O–H groups in total. The van der Waals surface area contributed by atoms with Gasteiger partial charge in [0.1, 0.15) is 0 Å². The molecule has 2 aliphatic rings. The topological polar surface area (TPSA) is 87.7 Å². The average Bonchev–Trinajstić information content (AvgIpc) is 3.21. The van der Waals surface area contributed by atoms with Crippen LogP contribution in [-0.2, 0) is 4.79 Å². The molecule has 5 heteroatoms. The molecule has 1 amide bonds. The summed E-state index contributed by atoms with van der Waals surface area (Å²) in [7, 11) is 0. The van der Waals surface area contributed by atoms with Crippen LogP contribution in [0.4, 0.5) is 0 Å². The molecule has 0 aliphatic heterocycles. The minimum Gasteiger partial charge on any atom is -0.409 e. The largest absolute Gasteiger partial charge is 0.409 e. The molecule has 0 aromatic heterocycles. The number of carbonyl (C=O) groups is 1. The summed E-state index contributed by atoms with van der Waals surface area (Å²) in [6.07, 6.45) is 6.31. The second-order valence-electron chi connectivity index (χ2n) is 5.58. The molecule has 0 aromatic rings. The second kappa shape index (κ2) is 5.59. The lowest BCUT2D eigenvalue weighted by molar-refractivity contribution is -0.126. The Kier molecular flexibility index (Phi) is 4.09. The first-order chi connectivity index (χ1) is 8.67. The van der Waals surface area contributed by atoms with Crippen molar-refractivity contribution in [3.63, 3.8) is 0 Å². The molecule has 0 bridgehead atoms. The Bertz CT molecular complexity index is 323. The standard InChI is InChI=1S/C13H23N3O2/c1-2-3-10(12(14)16-18)15-13(17)11(8-4-5-8)9-6-7-9/h8-11,18H,2-7H2,1H3,(H2,14,16)(H,15,17). The molecule has 102 valence electrons. The zero-order valence-corrected chi connectivity index (χ0v) is 10.9. The fourth-order valence-corrected chi connectivity index (χ4v) is 2.64. The van der Waals surface area contributed by atoms with E-state index in [4.69, 9.17) is 10.9 Å². The lowest BCUT2D eigenvalue weighted by atomic mass is 9.96. The van der Waals surface area contributed by atoms with Gasteiger partial charge >= 0.3 is 0 Å². The highest BCUT2D eigenvalue weighted by atomic mass is 16.4. The number of amides is 1. The molecule has 5 nitrogen and oxygen atoms in total. The van der Waals surface area contributed by atoms with Gasteiger partial charge in [0.05, 0.1) is 6.04 Å². The number of hydrogen-bond donors (Lipinski definition) is 3. The quantitative estimate of drug-likeness (QED) is 0.278. The summed E-state index contributed by atoms with van der Waals surface area (Å²) >= 11 is 0. The minimum absolute atomic E-state index is 0.102. The van der Waals surface area contributed by atoms with E-state index in [-0.39, 0.29) is 23.7 Å². The lowest BCUT2D eigenvalue weighted by Crippen LogP contribution is -2.47. The van der Waals surface area contributed by atoms with Crippen molar-refractivity contribution in [3.8, 4) is 0 Å². The number of nitrogens with two attached hydrogens (primary N) is 1. The number of amidine groups is 1. The third kappa shape index (κ3) is 3.15. The Balaban J connectivity index is 1.94. The molecule has 2 aliphatic carbocycles. The summed E-state index contributed by atoms with van der Waals surface area (Å²) in [5.74, 6) is 1.52. The van der Waals surface area contributed by atoms with Crippen LogP contribution in [0.3, 0.4) is 0 Å². The zero-order valence-electron chi connectivity index (χ0n) is 10.9. The smallest absolute Gasteiger partial charge is 0.224 e. The summed E-state index contributed by atoms with van der Waals surface area (Å²) in [5.41, 5.74) is 5.62. The first-order valence-corrected chi connectivity index (χ1v) is 6.95. The predicted molar refractivity (Wildman–Crippen MR) is 69.2 cm³/mol. The van der Waals surface area contributed by atoms with Crippen molar-refractivity contribution >= 4 is 11.7 Å². The van der Waals surface area contributed by atoms with Crippen LogP contribution in [0, 0.1) is 17.8 Å². The Morgan fingerprint density at radius 1 is 1.39 bits per heavy atom. The van der Waals surface area contributed by atoms with Gasteiger partial charge in [-0.15, -0.1) is 0 Å². The van der Waals surface area contributed by atoms with E-state index in [9.17, 15) is 4.79 Å². The molecular formula is C13H23N3O2. The highest BCUT2D eigenvalue weighted by Gasteiger charge is 2.45. The number of rotatable bonds is 7. The summed E-state index contributed by atoms with van der Waals surface area (Å²) in [4.78, 5) is 12.3. The van der Waals surface area contributed by atoms with Gasteiger partial charge in [0.15, 0.2) is 5.84 Å². The van der Waals surface area contributed by atoms with Crippen molar-refractivity contribution in [2.24, 2.45) is 28.6 Å². The number of carbonyl (C=O) groups excluding carboxylic acids is 1. The molecule has 1 atom stereocenters. The van der Waals surface area contributed by atoms with Gasteiger partial charge in [0, 0.05) is 5.92 Å². The summed E-state index contributed by atoms with van der Waals surface area (Å²) in [5, 5.41) is 14.7. The van der Waals surface area contributed by atoms with Gasteiger partial charge in [0.2, 0.25) is 5.91 Å². The van der Waals surface area contributed by atoms with E-state index in [0.29, 0.717) is 18.3 Å². The Hall–Kier alpha value is -1.26. The van der Waals surface area contributed by atoms with E-state index in [2.05, 4.69) is 10.5 Å². The fourth-order valence-electron chi connectivity index (χ4n) is 2.64. The SMILES string of the molecule is CCCC(NC(=O)C(C1CC1)C1CC1)C(N)=NO. The summed E-state index contributed by atoms with van der Waals surface area (Å²) in [6.45, 7) is 2.02. The van der Waals surface area contributed by atoms with E-state index in [0.717, 1.165) is 6.42 Å². The molecule has 18 heavy (non-hydrogen) atoms. The first-order valence-electron chi connectivity index (χ1n) is 6.95. The van der Waals surface area contributed by atoms with Crippen LogP contribution < -0.4 is 11.1 Å². The van der Waals surface area contributed by atoms with E-state index in [1.54, 1.807) is 0 Å². The maximum atomic E-state index is 12.3. The third-order valence-corrected chi connectivity index (χ3v) is 3.93. The Labute approximate surface area is 108 Å². The maximum Gasteiger partial charge on any atom is 0.224 e. The van der Waals surface area contributed by atoms with Crippen molar-refractivity contribution in [3.05, 3.63) is 0 Å². The molecule has 0 radical (unpaired) electrons. The second-order valence-corrected chi connectivity index (χ2v) is 5.58. The Morgan fingerprint density at radius 3 is 2.33 bits per heavy atom. The number of nitrogens with one attached hydrogen (secondary N) is 1. The van der Waals surface area contributed by atoms with Crippen LogP contribution in [0.15, 0.2) is 5.16 Å². The first kappa shape index (κ1) is 13.2. The van der Waals surface area contributed by atoms with E-state index in [1.807, 2.05) is 6.92 Å². The molecule has 2 rings (SSSR count). The van der Waals surface area contributed by atoms with Gasteiger partial charge < -0.3 is 16.3 Å². The van der Waals surface area contributed by atoms with E-state index in [1.165, 1.54) is 25.7 Å². The zero-order chi connectivity index (χ0) is 13.1. The van der Waals surface area contributed by atoms with Crippen LogP contribution >= 0.6 is 0 Å². The van der Waals surface area contributed by atoms with Crippen molar-refractivity contribution in [1.82, 2.24) is 5.32 Å². The maximum absolute atomic E-state index is 12.3. The monoisotopic (exact) mass is 253 g/mol. The summed E-state index contributed by atoms with van der Waals surface area (Å²) < 4.78 is 0. The molecule has 2 fully saturated rings. The molecule has 0 aromatic carbocycles. The van der Waals surface area contributed by atoms with Gasteiger partial charge in [-0.1, -0.05) is 18.5 Å². The molecule has 0 spiro atoms. The normalized spacial score (nSPS) is 22.0. The van der Waals surface area contributed by atoms with Gasteiger partial charge in [-0.05, 0) is 43.9 Å². The average molecular weight is 253 g/mol. The highest BCUT2D eigenvalue weighted by Crippen LogP contribution is 2.49. The van der Waals surface area contributed by atoms with Gasteiger partial charge in [-0.2, -0.15) is 0 Å². The highest BCUT2D eigenvalue weighted by molar-refractivity contribution is 5.90. The molecule has 1 unspecified atom stereocenters. The minimum atomic E-state index is -0.326. The number of hydrogen-bond acceptors (Lipinski definition) is 3. The van der Waals surface area contributed by atoms with Crippen molar-refractivity contribution < 1.29 is 10.0 Å². The van der Waals surface area contributed by atoms with Crippen LogP contribution in [0.5, 0.6) is 0 Å². The molecule has 0 saturated heterocycles. The number of nitrogens with zero attached hydrogens (tertiary/aromatic N) is 1. The Morgan fingerprint density at radius 2 is 1.94 bits per heavy atom. The fraction of sp³-hybridized carbons (Fsp3) is 0.846. The van der Waals surface area contributed by atoms with E-state index >= 15 is 0 Å². The van der Waals surface area contributed by atoms with Gasteiger partial charge in [0.25, 0.3) is 0 Å². The van der Waals surface area contributed by atoms with Crippen LogP contribution in [-0.4, -0.2) is 23.0 Å².